The van der Waals surface area contributed by atoms with E-state index in [0.717, 1.165) is 0 Å². The van der Waals surface area contributed by atoms with E-state index in [2.05, 4.69) is 219 Å². The SMILES string of the molecule is CC1(C)c2ccccc2-c2ccc(-c3cccc([Si](c4ccccc4)(c4ccccc4)c4cccc5c4c4ccccc4n5-c4ccccc4)c3)cc21. The van der Waals surface area contributed by atoms with Gasteiger partial charge in [-0.3, -0.25) is 0 Å². The molecule has 9 aromatic rings. The molecule has 1 heterocycles. The lowest BCUT2D eigenvalue weighted by atomic mass is 9.81. The number of para-hydroxylation sites is 2. The Labute approximate surface area is 312 Å². The Kier molecular flexibility index (Phi) is 7.25. The third kappa shape index (κ3) is 4.69. The smallest absolute Gasteiger partial charge is 0.180 e. The van der Waals surface area contributed by atoms with Gasteiger partial charge >= 0.3 is 0 Å². The molecule has 0 spiro atoms. The van der Waals surface area contributed by atoms with Crippen molar-refractivity contribution >= 4 is 50.6 Å². The second kappa shape index (κ2) is 12.2. The lowest BCUT2D eigenvalue weighted by Crippen LogP contribution is -2.74. The Balaban J connectivity index is 1.28. The number of hydrogen-bond donors (Lipinski definition) is 0. The third-order valence-electron chi connectivity index (χ3n) is 11.7. The number of benzene rings is 8. The molecule has 10 rings (SSSR count). The van der Waals surface area contributed by atoms with Gasteiger partial charge in [0.15, 0.2) is 8.07 Å². The Hall–Kier alpha value is -6.22. The van der Waals surface area contributed by atoms with Crippen LogP contribution in [0.25, 0.3) is 49.7 Å². The fourth-order valence-corrected chi connectivity index (χ4v) is 14.4. The maximum absolute atomic E-state index is 2.95. The normalized spacial score (nSPS) is 13.2. The minimum Gasteiger partial charge on any atom is -0.309 e. The van der Waals surface area contributed by atoms with E-state index >= 15 is 0 Å². The molecule has 1 aliphatic carbocycles. The highest BCUT2D eigenvalue weighted by atomic mass is 28.3. The third-order valence-corrected chi connectivity index (χ3v) is 16.5. The van der Waals surface area contributed by atoms with Crippen molar-refractivity contribution in [3.63, 3.8) is 0 Å². The van der Waals surface area contributed by atoms with Gasteiger partial charge in [0.25, 0.3) is 0 Å². The molecule has 53 heavy (non-hydrogen) atoms. The van der Waals surface area contributed by atoms with Crippen molar-refractivity contribution in [1.29, 1.82) is 0 Å². The summed E-state index contributed by atoms with van der Waals surface area (Å²) < 4.78 is 2.45. The van der Waals surface area contributed by atoms with E-state index in [1.165, 1.54) is 81.6 Å². The van der Waals surface area contributed by atoms with Crippen molar-refractivity contribution in [3.05, 3.63) is 211 Å². The van der Waals surface area contributed by atoms with Crippen molar-refractivity contribution in [2.24, 2.45) is 0 Å². The lowest BCUT2D eigenvalue weighted by molar-refractivity contribution is 0.660. The summed E-state index contributed by atoms with van der Waals surface area (Å²) in [7, 11) is -2.95. The number of rotatable bonds is 6. The first-order chi connectivity index (χ1) is 26.1. The van der Waals surface area contributed by atoms with E-state index in [1.807, 2.05) is 0 Å². The van der Waals surface area contributed by atoms with Gasteiger partial charge in [-0.2, -0.15) is 0 Å². The number of hydrogen-bond acceptors (Lipinski definition) is 0. The summed E-state index contributed by atoms with van der Waals surface area (Å²) in [5.74, 6) is 0. The number of fused-ring (bicyclic) bond motifs is 6. The molecular formula is C51H39NSi. The minimum atomic E-state index is -2.95. The zero-order chi connectivity index (χ0) is 35.6. The molecule has 0 fully saturated rings. The number of aromatic nitrogens is 1. The molecule has 2 heteroatoms. The van der Waals surface area contributed by atoms with Crippen LogP contribution in [0, 0.1) is 0 Å². The second-order valence-corrected chi connectivity index (χ2v) is 18.7. The highest BCUT2D eigenvalue weighted by Crippen LogP contribution is 2.49. The molecular weight excluding hydrogens is 655 g/mol. The van der Waals surface area contributed by atoms with Gasteiger partial charge in [0.1, 0.15) is 0 Å². The first kappa shape index (κ1) is 31.5. The largest absolute Gasteiger partial charge is 0.309 e. The summed E-state index contributed by atoms with van der Waals surface area (Å²) in [6.07, 6.45) is 0. The van der Waals surface area contributed by atoms with E-state index in [-0.39, 0.29) is 5.41 Å². The van der Waals surface area contributed by atoms with Crippen LogP contribution in [-0.4, -0.2) is 12.6 Å². The molecule has 8 aromatic carbocycles. The van der Waals surface area contributed by atoms with Gasteiger partial charge in [-0.15, -0.1) is 0 Å². The molecule has 0 atom stereocenters. The van der Waals surface area contributed by atoms with Gasteiger partial charge in [0.05, 0.1) is 11.0 Å². The molecule has 0 N–H and O–H groups in total. The molecule has 1 aromatic heterocycles. The van der Waals surface area contributed by atoms with Crippen molar-refractivity contribution in [3.8, 4) is 27.9 Å². The Morgan fingerprint density at radius 2 is 0.981 bits per heavy atom. The van der Waals surface area contributed by atoms with Crippen LogP contribution in [0.15, 0.2) is 200 Å². The predicted octanol–water partition coefficient (Wildman–Crippen LogP) is 10.1. The van der Waals surface area contributed by atoms with E-state index in [4.69, 9.17) is 0 Å². The van der Waals surface area contributed by atoms with Crippen LogP contribution in [0.4, 0.5) is 0 Å². The fraction of sp³-hybridized carbons (Fsp3) is 0.0588. The van der Waals surface area contributed by atoms with E-state index in [1.54, 1.807) is 0 Å². The summed E-state index contributed by atoms with van der Waals surface area (Å²) in [5, 5.41) is 8.13. The Morgan fingerprint density at radius 1 is 0.415 bits per heavy atom. The van der Waals surface area contributed by atoms with Gasteiger partial charge in [-0.05, 0) is 84.5 Å². The summed E-state index contributed by atoms with van der Waals surface area (Å²) in [5.41, 5.74) is 11.6. The zero-order valence-electron chi connectivity index (χ0n) is 30.0. The summed E-state index contributed by atoms with van der Waals surface area (Å²) in [6, 6.07) is 75.0. The highest BCUT2D eigenvalue weighted by molar-refractivity contribution is 7.20. The first-order valence-corrected chi connectivity index (χ1v) is 20.6. The maximum Gasteiger partial charge on any atom is 0.180 e. The topological polar surface area (TPSA) is 4.93 Å². The average Bonchev–Trinajstić information content (AvgIpc) is 3.68. The van der Waals surface area contributed by atoms with Crippen molar-refractivity contribution in [2.45, 2.75) is 19.3 Å². The van der Waals surface area contributed by atoms with E-state index in [0.29, 0.717) is 0 Å². The van der Waals surface area contributed by atoms with Crippen LogP contribution in [0.3, 0.4) is 0 Å². The first-order valence-electron chi connectivity index (χ1n) is 18.6. The highest BCUT2D eigenvalue weighted by Gasteiger charge is 2.43. The molecule has 0 aliphatic heterocycles. The molecule has 0 radical (unpaired) electrons. The Morgan fingerprint density at radius 3 is 1.74 bits per heavy atom. The van der Waals surface area contributed by atoms with Gasteiger partial charge in [0, 0.05) is 21.9 Å². The lowest BCUT2D eigenvalue weighted by Gasteiger charge is -2.35. The standard InChI is InChI=1S/C51H39NSi/c1-51(2)45-28-14-12-26-42(45)43-33-32-37(35-46(43)51)36-18-16-25-41(34-36)53(39-21-8-4-9-22-39,40-23-10-5-11-24-40)49-31-17-30-48-50(49)44-27-13-15-29-47(44)52(48)38-19-6-3-7-20-38/h3-35H,1-2H3. The van der Waals surface area contributed by atoms with Crippen molar-refractivity contribution in [2.75, 3.05) is 0 Å². The van der Waals surface area contributed by atoms with E-state index < -0.39 is 8.07 Å². The van der Waals surface area contributed by atoms with Crippen LogP contribution >= 0.6 is 0 Å². The zero-order valence-corrected chi connectivity index (χ0v) is 31.0. The van der Waals surface area contributed by atoms with Crippen molar-refractivity contribution in [1.82, 2.24) is 4.57 Å². The maximum atomic E-state index is 2.51. The summed E-state index contributed by atoms with van der Waals surface area (Å²) in [4.78, 5) is 0. The molecule has 252 valence electrons. The summed E-state index contributed by atoms with van der Waals surface area (Å²) in [6.45, 7) is 4.74. The monoisotopic (exact) mass is 693 g/mol. The molecule has 0 bridgehead atoms. The average molecular weight is 694 g/mol. The van der Waals surface area contributed by atoms with Crippen LogP contribution in [0.5, 0.6) is 0 Å². The molecule has 0 unspecified atom stereocenters. The quantitative estimate of drug-likeness (QED) is 0.121. The molecule has 0 saturated heterocycles. The fourth-order valence-electron chi connectivity index (χ4n) is 9.35. The molecule has 1 aliphatic rings. The van der Waals surface area contributed by atoms with Crippen LogP contribution in [-0.2, 0) is 5.41 Å². The van der Waals surface area contributed by atoms with E-state index in [9.17, 15) is 0 Å². The molecule has 1 nitrogen and oxygen atoms in total. The molecule has 0 saturated carbocycles. The second-order valence-electron chi connectivity index (χ2n) is 14.9. The van der Waals surface area contributed by atoms with Crippen LogP contribution < -0.4 is 20.7 Å². The summed E-state index contributed by atoms with van der Waals surface area (Å²) >= 11 is 0. The van der Waals surface area contributed by atoms with Crippen LogP contribution in [0.2, 0.25) is 0 Å². The van der Waals surface area contributed by atoms with Gasteiger partial charge in [-0.25, -0.2) is 0 Å². The van der Waals surface area contributed by atoms with Gasteiger partial charge < -0.3 is 4.57 Å². The predicted molar refractivity (Wildman–Crippen MR) is 227 cm³/mol. The minimum absolute atomic E-state index is 0.0608. The van der Waals surface area contributed by atoms with Gasteiger partial charge in [-0.1, -0.05) is 184 Å². The van der Waals surface area contributed by atoms with Crippen LogP contribution in [0.1, 0.15) is 25.0 Å². The molecule has 0 amide bonds. The van der Waals surface area contributed by atoms with Crippen molar-refractivity contribution < 1.29 is 0 Å². The van der Waals surface area contributed by atoms with Gasteiger partial charge in [0.2, 0.25) is 0 Å². The Bertz CT molecular complexity index is 2760. The number of nitrogens with zero attached hydrogens (tertiary/aromatic N) is 1.